The number of halogens is 2. The SMILES string of the molecule is O=C(O)c1cccc(NC(=O)c2sc3cc(F)ccc3c2Cl)c1. The van der Waals surface area contributed by atoms with Gasteiger partial charge >= 0.3 is 5.97 Å². The highest BCUT2D eigenvalue weighted by atomic mass is 35.5. The number of fused-ring (bicyclic) bond motifs is 1. The summed E-state index contributed by atoms with van der Waals surface area (Å²) >= 11 is 7.26. The molecule has 0 saturated heterocycles. The number of carboxylic acids is 1. The largest absolute Gasteiger partial charge is 0.478 e. The number of carbonyl (C=O) groups is 2. The Labute approximate surface area is 139 Å². The first-order chi connectivity index (χ1) is 11.0. The van der Waals surface area contributed by atoms with Crippen LogP contribution < -0.4 is 5.32 Å². The Hall–Kier alpha value is -2.44. The molecule has 1 amide bonds. The molecule has 23 heavy (non-hydrogen) atoms. The molecule has 1 heterocycles. The summed E-state index contributed by atoms with van der Waals surface area (Å²) < 4.78 is 13.8. The van der Waals surface area contributed by atoms with Crippen LogP contribution in [0.5, 0.6) is 0 Å². The number of aromatic carboxylic acids is 1. The Morgan fingerprint density at radius 3 is 2.70 bits per heavy atom. The van der Waals surface area contributed by atoms with E-state index in [1.54, 1.807) is 6.07 Å². The van der Waals surface area contributed by atoms with E-state index in [1.165, 1.54) is 36.4 Å². The fourth-order valence-corrected chi connectivity index (χ4v) is 3.54. The van der Waals surface area contributed by atoms with E-state index in [4.69, 9.17) is 16.7 Å². The number of hydrogen-bond acceptors (Lipinski definition) is 3. The number of rotatable bonds is 3. The van der Waals surface area contributed by atoms with Gasteiger partial charge in [0.15, 0.2) is 0 Å². The van der Waals surface area contributed by atoms with Crippen LogP contribution in [0.1, 0.15) is 20.0 Å². The molecule has 0 aliphatic rings. The zero-order valence-corrected chi connectivity index (χ0v) is 13.0. The maximum atomic E-state index is 13.3. The first-order valence-electron chi connectivity index (χ1n) is 6.48. The molecule has 0 fully saturated rings. The minimum Gasteiger partial charge on any atom is -0.478 e. The van der Waals surface area contributed by atoms with Crippen LogP contribution in [0.4, 0.5) is 10.1 Å². The predicted octanol–water partition coefficient (Wildman–Crippen LogP) is 4.64. The maximum absolute atomic E-state index is 13.3. The van der Waals surface area contributed by atoms with E-state index in [0.717, 1.165) is 11.3 Å². The number of benzene rings is 2. The highest BCUT2D eigenvalue weighted by molar-refractivity contribution is 7.21. The van der Waals surface area contributed by atoms with E-state index < -0.39 is 17.7 Å². The van der Waals surface area contributed by atoms with Crippen molar-refractivity contribution in [1.82, 2.24) is 0 Å². The van der Waals surface area contributed by atoms with Gasteiger partial charge in [-0.1, -0.05) is 17.7 Å². The molecule has 7 heteroatoms. The van der Waals surface area contributed by atoms with Crippen LogP contribution >= 0.6 is 22.9 Å². The summed E-state index contributed by atoms with van der Waals surface area (Å²) in [6, 6.07) is 9.98. The molecule has 1 aromatic heterocycles. The van der Waals surface area contributed by atoms with Gasteiger partial charge in [0.1, 0.15) is 10.7 Å². The molecule has 116 valence electrons. The van der Waals surface area contributed by atoms with E-state index in [1.807, 2.05) is 0 Å². The molecule has 0 aliphatic heterocycles. The van der Waals surface area contributed by atoms with E-state index >= 15 is 0 Å². The molecule has 0 atom stereocenters. The molecule has 2 N–H and O–H groups in total. The van der Waals surface area contributed by atoms with Gasteiger partial charge in [-0.05, 0) is 36.4 Å². The topological polar surface area (TPSA) is 66.4 Å². The third-order valence-corrected chi connectivity index (χ3v) is 4.82. The summed E-state index contributed by atoms with van der Waals surface area (Å²) in [7, 11) is 0. The molecular formula is C16H9ClFNO3S. The van der Waals surface area contributed by atoms with Gasteiger partial charge in [0.05, 0.1) is 10.6 Å². The van der Waals surface area contributed by atoms with Crippen molar-refractivity contribution in [3.63, 3.8) is 0 Å². The zero-order chi connectivity index (χ0) is 16.6. The van der Waals surface area contributed by atoms with Gasteiger partial charge in [-0.3, -0.25) is 4.79 Å². The molecule has 0 unspecified atom stereocenters. The van der Waals surface area contributed by atoms with Gasteiger partial charge in [-0.2, -0.15) is 0 Å². The average Bonchev–Trinajstić information content (AvgIpc) is 2.84. The second-order valence-corrected chi connectivity index (χ2v) is 6.16. The number of nitrogens with one attached hydrogen (secondary N) is 1. The van der Waals surface area contributed by atoms with Crippen LogP contribution in [0, 0.1) is 5.82 Å². The Kier molecular flexibility index (Phi) is 4.02. The van der Waals surface area contributed by atoms with E-state index in [9.17, 15) is 14.0 Å². The summed E-state index contributed by atoms with van der Waals surface area (Å²) in [5.41, 5.74) is 0.405. The number of anilines is 1. The molecule has 3 aromatic rings. The molecular weight excluding hydrogens is 341 g/mol. The Balaban J connectivity index is 1.93. The Morgan fingerprint density at radius 2 is 1.96 bits per heavy atom. The van der Waals surface area contributed by atoms with Gasteiger partial charge in [0.2, 0.25) is 0 Å². The Morgan fingerprint density at radius 1 is 1.17 bits per heavy atom. The maximum Gasteiger partial charge on any atom is 0.335 e. The fraction of sp³-hybridized carbons (Fsp3) is 0. The van der Waals surface area contributed by atoms with Crippen molar-refractivity contribution >= 4 is 50.6 Å². The van der Waals surface area contributed by atoms with Crippen molar-refractivity contribution < 1.29 is 19.1 Å². The fourth-order valence-electron chi connectivity index (χ4n) is 2.10. The summed E-state index contributed by atoms with van der Waals surface area (Å²) in [5, 5.41) is 12.4. The van der Waals surface area contributed by atoms with Gasteiger partial charge in [-0.25, -0.2) is 9.18 Å². The van der Waals surface area contributed by atoms with Crippen LogP contribution in [0.3, 0.4) is 0 Å². The first kappa shape index (κ1) is 15.5. The van der Waals surface area contributed by atoms with Crippen LogP contribution in [-0.4, -0.2) is 17.0 Å². The lowest BCUT2D eigenvalue weighted by Crippen LogP contribution is -2.11. The van der Waals surface area contributed by atoms with Gasteiger partial charge in [-0.15, -0.1) is 11.3 Å². The summed E-state index contributed by atoms with van der Waals surface area (Å²) in [6.45, 7) is 0. The first-order valence-corrected chi connectivity index (χ1v) is 7.67. The van der Waals surface area contributed by atoms with Crippen LogP contribution in [0.25, 0.3) is 10.1 Å². The van der Waals surface area contributed by atoms with Crippen LogP contribution in [0.15, 0.2) is 42.5 Å². The van der Waals surface area contributed by atoms with Crippen molar-refractivity contribution in [2.45, 2.75) is 0 Å². The minimum atomic E-state index is -1.09. The molecule has 2 aromatic carbocycles. The van der Waals surface area contributed by atoms with Gasteiger partial charge in [0, 0.05) is 15.8 Å². The molecule has 0 saturated carbocycles. The number of carbonyl (C=O) groups excluding carboxylic acids is 1. The third-order valence-electron chi connectivity index (χ3n) is 3.17. The molecule has 0 radical (unpaired) electrons. The second kappa shape index (κ2) is 5.98. The molecule has 3 rings (SSSR count). The Bertz CT molecular complexity index is 938. The van der Waals surface area contributed by atoms with E-state index in [0.29, 0.717) is 15.8 Å². The number of amides is 1. The lowest BCUT2D eigenvalue weighted by Gasteiger charge is -2.05. The molecule has 0 bridgehead atoms. The quantitative estimate of drug-likeness (QED) is 0.723. The summed E-state index contributed by atoms with van der Waals surface area (Å²) in [6.07, 6.45) is 0. The predicted molar refractivity (Wildman–Crippen MR) is 88.1 cm³/mol. The van der Waals surface area contributed by atoms with E-state index in [-0.39, 0.29) is 15.5 Å². The lowest BCUT2D eigenvalue weighted by atomic mass is 10.2. The lowest BCUT2D eigenvalue weighted by molar-refractivity contribution is 0.0696. The molecule has 0 aliphatic carbocycles. The minimum absolute atomic E-state index is 0.0623. The van der Waals surface area contributed by atoms with Crippen LogP contribution in [0.2, 0.25) is 5.02 Å². The second-order valence-electron chi connectivity index (χ2n) is 4.73. The number of carboxylic acid groups (broad SMARTS) is 1. The van der Waals surface area contributed by atoms with Crippen molar-refractivity contribution in [1.29, 1.82) is 0 Å². The van der Waals surface area contributed by atoms with E-state index in [2.05, 4.69) is 5.32 Å². The summed E-state index contributed by atoms with van der Waals surface area (Å²) in [5.74, 6) is -1.97. The normalized spacial score (nSPS) is 10.7. The van der Waals surface area contributed by atoms with Crippen molar-refractivity contribution in [2.75, 3.05) is 5.32 Å². The smallest absolute Gasteiger partial charge is 0.335 e. The number of hydrogen-bond donors (Lipinski definition) is 2. The highest BCUT2D eigenvalue weighted by Gasteiger charge is 2.18. The highest BCUT2D eigenvalue weighted by Crippen LogP contribution is 2.36. The standard InChI is InChI=1S/C16H9ClFNO3S/c17-13-11-5-4-9(18)7-12(11)23-14(13)15(20)19-10-3-1-2-8(6-10)16(21)22/h1-7H,(H,19,20)(H,21,22). The van der Waals surface area contributed by atoms with Gasteiger partial charge < -0.3 is 10.4 Å². The average molecular weight is 350 g/mol. The third kappa shape index (κ3) is 3.04. The molecule has 4 nitrogen and oxygen atoms in total. The van der Waals surface area contributed by atoms with Crippen LogP contribution in [-0.2, 0) is 0 Å². The van der Waals surface area contributed by atoms with Gasteiger partial charge in [0.25, 0.3) is 5.91 Å². The van der Waals surface area contributed by atoms with Crippen molar-refractivity contribution in [2.24, 2.45) is 0 Å². The molecule has 0 spiro atoms. The number of thiophene rings is 1. The zero-order valence-electron chi connectivity index (χ0n) is 11.5. The summed E-state index contributed by atoms with van der Waals surface area (Å²) in [4.78, 5) is 23.5. The monoisotopic (exact) mass is 349 g/mol. The van der Waals surface area contributed by atoms with Crippen molar-refractivity contribution in [3.8, 4) is 0 Å². The van der Waals surface area contributed by atoms with Crippen molar-refractivity contribution in [3.05, 3.63) is 63.7 Å².